The largest absolute Gasteiger partial charge is 0.451 e. The van der Waals surface area contributed by atoms with E-state index in [0.29, 0.717) is 29.5 Å². The first-order valence-corrected chi connectivity index (χ1v) is 12.1. The van der Waals surface area contributed by atoms with Crippen LogP contribution in [0.1, 0.15) is 49.1 Å². The number of pyridine rings is 1. The van der Waals surface area contributed by atoms with Gasteiger partial charge in [-0.1, -0.05) is 12.1 Å². The van der Waals surface area contributed by atoms with Gasteiger partial charge in [-0.25, -0.2) is 18.3 Å². The number of rotatable bonds is 6. The molecule has 2 aliphatic carbocycles. The van der Waals surface area contributed by atoms with E-state index < -0.39 is 41.7 Å². The van der Waals surface area contributed by atoms with Crippen molar-refractivity contribution in [2.75, 3.05) is 0 Å². The van der Waals surface area contributed by atoms with Crippen LogP contribution in [-0.4, -0.2) is 49.6 Å². The fourth-order valence-corrected chi connectivity index (χ4v) is 4.83. The minimum absolute atomic E-state index is 0.0160. The number of hydrogen-bond donors (Lipinski definition) is 3. The van der Waals surface area contributed by atoms with Crippen LogP contribution in [0, 0.1) is 5.41 Å². The van der Waals surface area contributed by atoms with Crippen LogP contribution in [0.4, 0.5) is 8.78 Å². The zero-order chi connectivity index (χ0) is 25.8. The Morgan fingerprint density at radius 3 is 2.49 bits per heavy atom. The fraction of sp³-hybridized carbons (Fsp3) is 0.346. The lowest BCUT2D eigenvalue weighted by Crippen LogP contribution is -2.63. The molecule has 37 heavy (non-hydrogen) atoms. The maximum atomic E-state index is 14.0. The second-order valence-electron chi connectivity index (χ2n) is 9.99. The van der Waals surface area contributed by atoms with Crippen LogP contribution in [0.3, 0.4) is 0 Å². The number of aromatic nitrogens is 3. The molecule has 190 valence electrons. The van der Waals surface area contributed by atoms with Crippen molar-refractivity contribution in [1.82, 2.24) is 25.2 Å². The summed E-state index contributed by atoms with van der Waals surface area (Å²) in [4.78, 5) is 30.7. The van der Waals surface area contributed by atoms with Crippen LogP contribution in [0.5, 0.6) is 0 Å². The molecule has 2 fully saturated rings. The van der Waals surface area contributed by atoms with Gasteiger partial charge in [0, 0.05) is 30.6 Å². The minimum Gasteiger partial charge on any atom is -0.451 e. The maximum absolute atomic E-state index is 14.0. The lowest BCUT2D eigenvalue weighted by Gasteiger charge is -2.39. The highest BCUT2D eigenvalue weighted by molar-refractivity contribution is 6.01. The second kappa shape index (κ2) is 8.19. The average molecular weight is 507 g/mol. The number of furan rings is 1. The quantitative estimate of drug-likeness (QED) is 0.339. The Bertz CT molecular complexity index is 1540. The zero-order valence-corrected chi connectivity index (χ0v) is 19.8. The molecule has 0 atom stereocenters. The highest BCUT2D eigenvalue weighted by Crippen LogP contribution is 2.41. The molecule has 0 unspecified atom stereocenters. The first-order chi connectivity index (χ1) is 17.7. The average Bonchev–Trinajstić information content (AvgIpc) is 3.29. The van der Waals surface area contributed by atoms with Crippen molar-refractivity contribution in [2.45, 2.75) is 55.5 Å². The molecular formula is C26H24F2N6O3. The number of amides is 2. The van der Waals surface area contributed by atoms with Crippen LogP contribution < -0.4 is 10.6 Å². The van der Waals surface area contributed by atoms with Gasteiger partial charge >= 0.3 is 0 Å². The molecule has 9 nitrogen and oxygen atoms in total. The van der Waals surface area contributed by atoms with Crippen molar-refractivity contribution in [1.29, 1.82) is 5.41 Å². The van der Waals surface area contributed by atoms with Crippen molar-refractivity contribution in [3.63, 3.8) is 0 Å². The SMILES string of the molecule is N=CC1(NC(=O)C2(NC(=O)c3cc4ccc(-c5ccn6ncnc6c5)cc4o3)CCC(F)(F)CC2)CC1. The van der Waals surface area contributed by atoms with E-state index in [1.165, 1.54) is 6.33 Å². The van der Waals surface area contributed by atoms with Crippen LogP contribution >= 0.6 is 0 Å². The molecule has 2 aliphatic rings. The first-order valence-electron chi connectivity index (χ1n) is 12.1. The van der Waals surface area contributed by atoms with E-state index in [4.69, 9.17) is 9.83 Å². The van der Waals surface area contributed by atoms with Crippen molar-refractivity contribution >= 4 is 34.6 Å². The maximum Gasteiger partial charge on any atom is 0.287 e. The highest BCUT2D eigenvalue weighted by atomic mass is 19.3. The number of nitrogens with one attached hydrogen (secondary N) is 3. The van der Waals surface area contributed by atoms with Gasteiger partial charge < -0.3 is 20.5 Å². The normalized spacial score (nSPS) is 19.4. The van der Waals surface area contributed by atoms with E-state index in [2.05, 4.69) is 20.7 Å². The van der Waals surface area contributed by atoms with Gasteiger partial charge in [-0.15, -0.1) is 0 Å². The third-order valence-corrected chi connectivity index (χ3v) is 7.41. The molecule has 11 heteroatoms. The molecule has 6 rings (SSSR count). The van der Waals surface area contributed by atoms with Gasteiger partial charge in [0.15, 0.2) is 11.4 Å². The van der Waals surface area contributed by atoms with Crippen molar-refractivity contribution in [3.05, 3.63) is 54.7 Å². The molecule has 3 aromatic heterocycles. The van der Waals surface area contributed by atoms with Crippen LogP contribution in [0.2, 0.25) is 0 Å². The highest BCUT2D eigenvalue weighted by Gasteiger charge is 2.52. The smallest absolute Gasteiger partial charge is 0.287 e. The van der Waals surface area contributed by atoms with Crippen LogP contribution in [-0.2, 0) is 4.79 Å². The molecule has 0 bridgehead atoms. The van der Waals surface area contributed by atoms with Crippen molar-refractivity contribution < 1.29 is 22.8 Å². The molecule has 1 aromatic carbocycles. The molecule has 2 amide bonds. The molecule has 4 aromatic rings. The third kappa shape index (κ3) is 4.24. The minimum atomic E-state index is -2.89. The molecule has 0 aliphatic heterocycles. The monoisotopic (exact) mass is 506 g/mol. The van der Waals surface area contributed by atoms with Gasteiger partial charge in [0.05, 0.1) is 5.54 Å². The summed E-state index contributed by atoms with van der Waals surface area (Å²) < 4.78 is 35.4. The van der Waals surface area contributed by atoms with E-state index in [-0.39, 0.29) is 18.6 Å². The number of nitrogens with zero attached hydrogens (tertiary/aromatic N) is 3. The van der Waals surface area contributed by atoms with Gasteiger partial charge in [-0.3, -0.25) is 9.59 Å². The Labute approximate surface area is 209 Å². The van der Waals surface area contributed by atoms with Crippen LogP contribution in [0.25, 0.3) is 27.7 Å². The van der Waals surface area contributed by atoms with E-state index in [9.17, 15) is 18.4 Å². The molecule has 0 saturated heterocycles. The number of carbonyl (C=O) groups excluding carboxylic acids is 2. The van der Waals surface area contributed by atoms with Gasteiger partial charge in [0.2, 0.25) is 11.8 Å². The number of benzene rings is 1. The molecule has 3 N–H and O–H groups in total. The molecule has 3 heterocycles. The summed E-state index contributed by atoms with van der Waals surface area (Å²) in [6.45, 7) is 0. The molecule has 0 radical (unpaired) electrons. The summed E-state index contributed by atoms with van der Waals surface area (Å²) >= 11 is 0. The Morgan fingerprint density at radius 1 is 1.00 bits per heavy atom. The lowest BCUT2D eigenvalue weighted by atomic mass is 9.78. The Hall–Kier alpha value is -4.15. The topological polar surface area (TPSA) is 125 Å². The van der Waals surface area contributed by atoms with Crippen molar-refractivity contribution in [3.8, 4) is 11.1 Å². The van der Waals surface area contributed by atoms with E-state index in [0.717, 1.165) is 17.3 Å². The predicted octanol–water partition coefficient (Wildman–Crippen LogP) is 4.12. The molecule has 2 saturated carbocycles. The summed E-state index contributed by atoms with van der Waals surface area (Å²) in [6.07, 6.45) is 4.20. The van der Waals surface area contributed by atoms with E-state index in [1.807, 2.05) is 24.3 Å². The van der Waals surface area contributed by atoms with Gasteiger partial charge in [0.1, 0.15) is 17.4 Å². The van der Waals surface area contributed by atoms with E-state index >= 15 is 0 Å². The third-order valence-electron chi connectivity index (χ3n) is 7.41. The summed E-state index contributed by atoms with van der Waals surface area (Å²) in [5.74, 6) is -4.10. The van der Waals surface area contributed by atoms with Gasteiger partial charge in [-0.2, -0.15) is 5.10 Å². The number of halogens is 2. The lowest BCUT2D eigenvalue weighted by molar-refractivity contribution is -0.133. The molecular weight excluding hydrogens is 482 g/mol. The Balaban J connectivity index is 1.27. The zero-order valence-electron chi connectivity index (χ0n) is 19.8. The van der Waals surface area contributed by atoms with Gasteiger partial charge in [-0.05, 0) is 61.1 Å². The molecule has 0 spiro atoms. The van der Waals surface area contributed by atoms with Crippen LogP contribution in [0.15, 0.2) is 53.3 Å². The standard InChI is InChI=1S/C26H24F2N6O3/c27-26(28)8-6-25(7-9-26,23(36)33-24(14-29)4-5-24)32-22(35)20-12-18-2-1-16(11-19(18)37-20)17-3-10-34-21(13-17)30-15-31-34/h1-3,10-15,29H,4-9H2,(H,32,35)(H,33,36). The Morgan fingerprint density at radius 2 is 1.76 bits per heavy atom. The first kappa shape index (κ1) is 23.3. The van der Waals surface area contributed by atoms with E-state index in [1.54, 1.807) is 22.8 Å². The predicted molar refractivity (Wildman–Crippen MR) is 131 cm³/mol. The summed E-state index contributed by atoms with van der Waals surface area (Å²) in [5.41, 5.74) is 0.651. The number of carbonyl (C=O) groups is 2. The number of fused-ring (bicyclic) bond motifs is 2. The van der Waals surface area contributed by atoms with Gasteiger partial charge in [0.25, 0.3) is 5.91 Å². The Kier molecular flexibility index (Phi) is 5.15. The number of hydrogen-bond acceptors (Lipinski definition) is 6. The summed E-state index contributed by atoms with van der Waals surface area (Å²) in [7, 11) is 0. The second-order valence-corrected chi connectivity index (χ2v) is 9.99. The van der Waals surface area contributed by atoms with Crippen molar-refractivity contribution in [2.24, 2.45) is 0 Å². The fourth-order valence-electron chi connectivity index (χ4n) is 4.83. The number of alkyl halides is 2. The summed E-state index contributed by atoms with van der Waals surface area (Å²) in [5, 5.41) is 17.9. The summed E-state index contributed by atoms with van der Waals surface area (Å²) in [6, 6.07) is 10.9.